The van der Waals surface area contributed by atoms with E-state index >= 15 is 0 Å². The molecular weight excluding hydrogens is 460 g/mol. The van der Waals surface area contributed by atoms with E-state index in [9.17, 15) is 14.4 Å². The molecule has 4 rings (SSSR count). The minimum atomic E-state index is -0.522. The van der Waals surface area contributed by atoms with Gasteiger partial charge in [0.05, 0.1) is 12.2 Å². The molecule has 0 bridgehead atoms. The first-order chi connectivity index (χ1) is 17.4. The Balaban J connectivity index is 1.66. The molecule has 0 atom stereocenters. The van der Waals surface area contributed by atoms with Crippen LogP contribution in [0.1, 0.15) is 28.5 Å². The molecule has 4 aromatic rings. The number of benzene rings is 2. The molecule has 0 aliphatic rings. The van der Waals surface area contributed by atoms with Crippen molar-refractivity contribution < 1.29 is 9.53 Å². The van der Waals surface area contributed by atoms with Crippen molar-refractivity contribution in [3.63, 3.8) is 0 Å². The van der Waals surface area contributed by atoms with Gasteiger partial charge in [-0.25, -0.2) is 19.1 Å². The predicted octanol–water partition coefficient (Wildman–Crippen LogP) is 2.49. The zero-order valence-electron chi connectivity index (χ0n) is 20.2. The van der Waals surface area contributed by atoms with Gasteiger partial charge in [-0.05, 0) is 49.7 Å². The van der Waals surface area contributed by atoms with Gasteiger partial charge in [0.25, 0.3) is 5.91 Å². The van der Waals surface area contributed by atoms with Crippen molar-refractivity contribution in [2.24, 2.45) is 4.99 Å². The molecule has 36 heavy (non-hydrogen) atoms. The third-order valence-electron chi connectivity index (χ3n) is 5.46. The Hall–Kier alpha value is -4.73. The number of pyridine rings is 1. The van der Waals surface area contributed by atoms with Crippen molar-refractivity contribution in [1.29, 1.82) is 0 Å². The molecule has 0 unspecified atom stereocenters. The summed E-state index contributed by atoms with van der Waals surface area (Å²) in [5.41, 5.74) is 1.96. The quantitative estimate of drug-likeness (QED) is 0.415. The minimum absolute atomic E-state index is 0.147. The van der Waals surface area contributed by atoms with E-state index in [4.69, 9.17) is 4.74 Å². The van der Waals surface area contributed by atoms with Crippen LogP contribution in [-0.4, -0.2) is 32.1 Å². The number of hydrogen-bond donors (Lipinski definition) is 2. The summed E-state index contributed by atoms with van der Waals surface area (Å²) in [6.07, 6.45) is 1.49. The first kappa shape index (κ1) is 24.4. The fraction of sp³-hybridized carbons (Fsp3) is 0.192. The van der Waals surface area contributed by atoms with E-state index in [1.807, 2.05) is 31.2 Å². The Kier molecular flexibility index (Phi) is 7.24. The van der Waals surface area contributed by atoms with E-state index in [2.05, 4.69) is 20.3 Å². The molecule has 10 heteroatoms. The highest BCUT2D eigenvalue weighted by atomic mass is 16.5. The molecule has 1 amide bonds. The van der Waals surface area contributed by atoms with Crippen molar-refractivity contribution in [3.05, 3.63) is 110 Å². The zero-order valence-corrected chi connectivity index (χ0v) is 20.2. The van der Waals surface area contributed by atoms with Crippen LogP contribution in [0.25, 0.3) is 0 Å². The summed E-state index contributed by atoms with van der Waals surface area (Å²) < 4.78 is 8.39. The third kappa shape index (κ3) is 5.49. The number of ether oxygens (including phenoxy) is 1. The van der Waals surface area contributed by atoms with Gasteiger partial charge in [0, 0.05) is 25.9 Å². The number of nitrogens with one attached hydrogen (secondary N) is 2. The molecule has 2 aromatic heterocycles. The van der Waals surface area contributed by atoms with Gasteiger partial charge >= 0.3 is 11.4 Å². The molecule has 184 valence electrons. The van der Waals surface area contributed by atoms with Gasteiger partial charge in [0.2, 0.25) is 5.62 Å². The van der Waals surface area contributed by atoms with Crippen molar-refractivity contribution >= 4 is 11.6 Å². The number of rotatable bonds is 7. The summed E-state index contributed by atoms with van der Waals surface area (Å²) in [7, 11) is 1.53. The number of nitrogens with zero attached hydrogens (tertiary/aromatic N) is 4. The van der Waals surface area contributed by atoms with E-state index in [-0.39, 0.29) is 30.3 Å². The maximum absolute atomic E-state index is 13.1. The summed E-state index contributed by atoms with van der Waals surface area (Å²) >= 11 is 0. The van der Waals surface area contributed by atoms with Crippen LogP contribution in [0.15, 0.2) is 81.4 Å². The Labute approximate surface area is 206 Å². The van der Waals surface area contributed by atoms with Crippen LogP contribution in [0.4, 0.5) is 5.69 Å². The first-order valence-corrected chi connectivity index (χ1v) is 11.4. The maximum Gasteiger partial charge on any atom is 0.335 e. The normalized spacial score (nSPS) is 11.4. The summed E-state index contributed by atoms with van der Waals surface area (Å²) in [4.78, 5) is 48.6. The Bertz CT molecular complexity index is 1560. The van der Waals surface area contributed by atoms with Gasteiger partial charge in [0.1, 0.15) is 17.2 Å². The lowest BCUT2D eigenvalue weighted by molar-refractivity contribution is 0.0958. The van der Waals surface area contributed by atoms with E-state index in [1.165, 1.54) is 17.8 Å². The fourth-order valence-electron chi connectivity index (χ4n) is 3.51. The number of aromatic nitrogens is 4. The Morgan fingerprint density at radius 2 is 1.75 bits per heavy atom. The molecule has 2 heterocycles. The van der Waals surface area contributed by atoms with Gasteiger partial charge in [-0.1, -0.05) is 29.8 Å². The highest BCUT2D eigenvalue weighted by molar-refractivity contribution is 5.92. The average Bonchev–Trinajstić information content (AvgIpc) is 2.88. The summed E-state index contributed by atoms with van der Waals surface area (Å²) in [5.74, 6) is 0.662. The van der Waals surface area contributed by atoms with Gasteiger partial charge in [-0.15, -0.1) is 0 Å². The van der Waals surface area contributed by atoms with Crippen LogP contribution in [0.5, 0.6) is 11.5 Å². The molecule has 10 nitrogen and oxygen atoms in total. The highest BCUT2D eigenvalue weighted by Gasteiger charge is 2.10. The molecule has 0 radical (unpaired) electrons. The van der Waals surface area contributed by atoms with Crippen molar-refractivity contribution in [3.8, 4) is 11.5 Å². The van der Waals surface area contributed by atoms with Crippen molar-refractivity contribution in [1.82, 2.24) is 24.4 Å². The maximum atomic E-state index is 13.1. The number of carbonyl (C=O) groups is 1. The number of aryl methyl sites for hydroxylation is 1. The molecule has 0 aliphatic carbocycles. The van der Waals surface area contributed by atoms with Crippen LogP contribution < -0.4 is 27.1 Å². The summed E-state index contributed by atoms with van der Waals surface area (Å²) in [5, 5.41) is 2.52. The average molecular weight is 487 g/mol. The number of hydrogen-bond acceptors (Lipinski definition) is 6. The minimum Gasteiger partial charge on any atom is -0.457 e. The van der Waals surface area contributed by atoms with Gasteiger partial charge in [-0.2, -0.15) is 0 Å². The number of H-pyrrole nitrogens is 1. The number of amides is 1. The summed E-state index contributed by atoms with van der Waals surface area (Å²) in [6.45, 7) is 4.23. The molecular formula is C26H26N6O4. The zero-order chi connectivity index (χ0) is 25.7. The standard InChI is InChI=1S/C26H26N6O4/c1-4-31-25(34)30-24(32(26(31)35)16-18-7-5-17(2)6-8-18)29-19-9-11-20(12-10-19)36-21-13-14-28-22(15-21)23(33)27-3/h5-15H,4,16H2,1-3H3,(H,27,33)(H,29,30,34). The largest absolute Gasteiger partial charge is 0.457 e. The van der Waals surface area contributed by atoms with E-state index in [0.717, 1.165) is 15.7 Å². The molecule has 2 aromatic carbocycles. The van der Waals surface area contributed by atoms with E-state index < -0.39 is 11.4 Å². The lowest BCUT2D eigenvalue weighted by Gasteiger charge is -2.10. The second kappa shape index (κ2) is 10.7. The van der Waals surface area contributed by atoms with Crippen LogP contribution in [-0.2, 0) is 13.1 Å². The molecule has 2 N–H and O–H groups in total. The van der Waals surface area contributed by atoms with Crippen LogP contribution in [0, 0.1) is 6.92 Å². The monoisotopic (exact) mass is 486 g/mol. The SMILES string of the molecule is CCn1c(=O)[nH]/c(=N\c2ccc(Oc3ccnc(C(=O)NC)c3)cc2)n(Cc2ccc(C)cc2)c1=O. The lowest BCUT2D eigenvalue weighted by Crippen LogP contribution is -2.49. The number of carbonyl (C=O) groups excluding carboxylic acids is 1. The predicted molar refractivity (Wildman–Crippen MR) is 135 cm³/mol. The fourth-order valence-corrected chi connectivity index (χ4v) is 3.51. The van der Waals surface area contributed by atoms with Crippen molar-refractivity contribution in [2.75, 3.05) is 7.05 Å². The van der Waals surface area contributed by atoms with E-state index in [1.54, 1.807) is 43.3 Å². The molecule has 0 saturated carbocycles. The molecule has 0 saturated heterocycles. The second-order valence-corrected chi connectivity index (χ2v) is 8.02. The molecule has 0 spiro atoms. The lowest BCUT2D eigenvalue weighted by atomic mass is 10.1. The van der Waals surface area contributed by atoms with Gasteiger partial charge < -0.3 is 10.1 Å². The molecule has 0 fully saturated rings. The third-order valence-corrected chi connectivity index (χ3v) is 5.46. The van der Waals surface area contributed by atoms with Gasteiger partial charge in [-0.3, -0.25) is 19.3 Å². The van der Waals surface area contributed by atoms with Crippen molar-refractivity contribution in [2.45, 2.75) is 26.9 Å². The van der Waals surface area contributed by atoms with Crippen LogP contribution in [0.3, 0.4) is 0 Å². The highest BCUT2D eigenvalue weighted by Crippen LogP contribution is 2.24. The van der Waals surface area contributed by atoms with Crippen LogP contribution in [0.2, 0.25) is 0 Å². The van der Waals surface area contributed by atoms with E-state index in [0.29, 0.717) is 17.2 Å². The van der Waals surface area contributed by atoms with Crippen LogP contribution >= 0.6 is 0 Å². The Morgan fingerprint density at radius 1 is 1.03 bits per heavy atom. The topological polar surface area (TPSA) is 123 Å². The molecule has 0 aliphatic heterocycles. The second-order valence-electron chi connectivity index (χ2n) is 8.02. The Morgan fingerprint density at radius 3 is 2.42 bits per heavy atom. The smallest absolute Gasteiger partial charge is 0.335 e. The summed E-state index contributed by atoms with van der Waals surface area (Å²) in [6, 6.07) is 17.8. The number of aromatic amines is 1. The van der Waals surface area contributed by atoms with Gasteiger partial charge in [0.15, 0.2) is 0 Å². The first-order valence-electron chi connectivity index (χ1n) is 11.4.